The molecule has 0 saturated carbocycles. The van der Waals surface area contributed by atoms with Gasteiger partial charge in [0.05, 0.1) is 19.6 Å². The van der Waals surface area contributed by atoms with Gasteiger partial charge in [-0.15, -0.1) is 0 Å². The summed E-state index contributed by atoms with van der Waals surface area (Å²) in [6.45, 7) is 13.9. The van der Waals surface area contributed by atoms with Gasteiger partial charge in [0.15, 0.2) is 6.29 Å². The third-order valence-corrected chi connectivity index (χ3v) is 6.92. The summed E-state index contributed by atoms with van der Waals surface area (Å²) in [6, 6.07) is 0. The first-order valence-electron chi connectivity index (χ1n) is 16.2. The molecule has 1 radical (unpaired) electrons. The Hall–Kier alpha value is -1.38. The van der Waals surface area contributed by atoms with Gasteiger partial charge in [-0.2, -0.15) is 0 Å². The van der Waals surface area contributed by atoms with Crippen molar-refractivity contribution in [1.29, 1.82) is 0 Å². The van der Waals surface area contributed by atoms with E-state index in [1.54, 1.807) is 0 Å². The molecule has 0 aromatic carbocycles. The number of carbonyl (C=O) groups is 2. The van der Waals surface area contributed by atoms with E-state index in [-0.39, 0.29) is 25.3 Å². The monoisotopic (exact) mass is 572 g/mol. The Morgan fingerprint density at radius 3 is 1.82 bits per heavy atom. The molecule has 0 aromatic heterocycles. The van der Waals surface area contributed by atoms with Gasteiger partial charge in [-0.3, -0.25) is 4.79 Å². The fourth-order valence-corrected chi connectivity index (χ4v) is 4.10. The van der Waals surface area contributed by atoms with Crippen molar-refractivity contribution in [3.05, 3.63) is 6.92 Å². The molecule has 0 saturated heterocycles. The lowest BCUT2D eigenvalue weighted by atomic mass is 10.1. The van der Waals surface area contributed by atoms with Gasteiger partial charge in [-0.1, -0.05) is 85.0 Å². The standard InChI is InChI=1S/C32H62NO7/c1-6-10-12-14-16-18-25-37-31(38-26-19-17-15-13-11-7-2)22-21-30(34)36-28-23-29(8-3)40-32(35)39-27-20-24-33(5)9-4/h29,31H,3,6-28H2,1-2,4-5H3. The van der Waals surface area contributed by atoms with Crippen molar-refractivity contribution in [3.63, 3.8) is 0 Å². The number of esters is 1. The van der Waals surface area contributed by atoms with Crippen molar-refractivity contribution in [3.8, 4) is 0 Å². The van der Waals surface area contributed by atoms with E-state index in [4.69, 9.17) is 23.7 Å². The highest BCUT2D eigenvalue weighted by Gasteiger charge is 2.17. The van der Waals surface area contributed by atoms with E-state index in [2.05, 4.69) is 32.6 Å². The Kier molecular flexibility index (Phi) is 28.1. The molecular weight excluding hydrogens is 510 g/mol. The van der Waals surface area contributed by atoms with Crippen LogP contribution in [0.3, 0.4) is 0 Å². The summed E-state index contributed by atoms with van der Waals surface area (Å²) in [4.78, 5) is 26.4. The number of hydrogen-bond acceptors (Lipinski definition) is 8. The predicted molar refractivity (Wildman–Crippen MR) is 161 cm³/mol. The summed E-state index contributed by atoms with van der Waals surface area (Å²) in [5, 5.41) is 0. The van der Waals surface area contributed by atoms with Crippen LogP contribution in [-0.2, 0) is 28.5 Å². The van der Waals surface area contributed by atoms with Gasteiger partial charge < -0.3 is 28.6 Å². The van der Waals surface area contributed by atoms with E-state index in [0.29, 0.717) is 39.1 Å². The van der Waals surface area contributed by atoms with Gasteiger partial charge in [0.25, 0.3) is 0 Å². The zero-order valence-corrected chi connectivity index (χ0v) is 26.4. The zero-order valence-electron chi connectivity index (χ0n) is 26.4. The smallest absolute Gasteiger partial charge is 0.466 e. The fourth-order valence-electron chi connectivity index (χ4n) is 4.10. The molecule has 8 heteroatoms. The molecule has 8 nitrogen and oxygen atoms in total. The van der Waals surface area contributed by atoms with Crippen LogP contribution in [0.4, 0.5) is 4.79 Å². The van der Waals surface area contributed by atoms with Crippen LogP contribution in [-0.4, -0.2) is 76.0 Å². The summed E-state index contributed by atoms with van der Waals surface area (Å²) in [7, 11) is 2.02. The van der Waals surface area contributed by atoms with Crippen molar-refractivity contribution in [2.24, 2.45) is 0 Å². The van der Waals surface area contributed by atoms with E-state index >= 15 is 0 Å². The van der Waals surface area contributed by atoms with Gasteiger partial charge in [0, 0.05) is 32.6 Å². The molecule has 0 aliphatic heterocycles. The van der Waals surface area contributed by atoms with Crippen molar-refractivity contribution in [2.45, 2.75) is 142 Å². The van der Waals surface area contributed by atoms with Gasteiger partial charge in [0.1, 0.15) is 6.10 Å². The van der Waals surface area contributed by atoms with Crippen molar-refractivity contribution >= 4 is 12.1 Å². The van der Waals surface area contributed by atoms with Gasteiger partial charge in [-0.25, -0.2) is 4.79 Å². The number of carbonyl (C=O) groups excluding carboxylic acids is 2. The summed E-state index contributed by atoms with van der Waals surface area (Å²) < 4.78 is 27.8. The van der Waals surface area contributed by atoms with E-state index in [9.17, 15) is 9.59 Å². The Bertz CT molecular complexity index is 557. The average Bonchev–Trinajstić information content (AvgIpc) is 2.95. The first kappa shape index (κ1) is 38.6. The number of ether oxygens (including phenoxy) is 5. The number of unbranched alkanes of at least 4 members (excludes halogenated alkanes) is 10. The molecular formula is C32H62NO7. The molecule has 0 amide bonds. The van der Waals surface area contributed by atoms with E-state index in [1.807, 2.05) is 7.05 Å². The molecule has 0 heterocycles. The van der Waals surface area contributed by atoms with Crippen LogP contribution in [0, 0.1) is 6.92 Å². The van der Waals surface area contributed by atoms with Crippen LogP contribution in [0.5, 0.6) is 0 Å². The predicted octanol–water partition coefficient (Wildman–Crippen LogP) is 7.87. The van der Waals surface area contributed by atoms with Crippen molar-refractivity contribution < 1.29 is 33.3 Å². The van der Waals surface area contributed by atoms with Gasteiger partial charge in [-0.05, 0) is 46.2 Å². The molecule has 1 atom stereocenters. The number of rotatable bonds is 29. The van der Waals surface area contributed by atoms with Crippen molar-refractivity contribution in [1.82, 2.24) is 4.90 Å². The molecule has 237 valence electrons. The maximum atomic E-state index is 12.4. The zero-order chi connectivity index (χ0) is 29.7. The minimum Gasteiger partial charge on any atom is -0.466 e. The summed E-state index contributed by atoms with van der Waals surface area (Å²) in [5.74, 6) is -0.304. The van der Waals surface area contributed by atoms with Crippen LogP contribution in [0.1, 0.15) is 130 Å². The molecule has 0 aliphatic carbocycles. The largest absolute Gasteiger partial charge is 0.508 e. The minimum atomic E-state index is -0.702. The van der Waals surface area contributed by atoms with Crippen LogP contribution >= 0.6 is 0 Å². The van der Waals surface area contributed by atoms with Crippen molar-refractivity contribution in [2.75, 3.05) is 46.6 Å². The Labute approximate surface area is 246 Å². The minimum absolute atomic E-state index is 0.162. The highest BCUT2D eigenvalue weighted by molar-refractivity contribution is 5.69. The molecule has 0 aromatic rings. The second-order valence-electron chi connectivity index (χ2n) is 10.6. The Balaban J connectivity index is 4.26. The first-order chi connectivity index (χ1) is 19.5. The third-order valence-electron chi connectivity index (χ3n) is 6.92. The topological polar surface area (TPSA) is 83.5 Å². The lowest BCUT2D eigenvalue weighted by Gasteiger charge is -2.19. The van der Waals surface area contributed by atoms with E-state index in [1.165, 1.54) is 51.4 Å². The normalized spacial score (nSPS) is 12.2. The van der Waals surface area contributed by atoms with E-state index < -0.39 is 12.3 Å². The molecule has 1 unspecified atom stereocenters. The van der Waals surface area contributed by atoms with E-state index in [0.717, 1.165) is 45.2 Å². The molecule has 0 fully saturated rings. The molecule has 0 rings (SSSR count). The molecule has 0 spiro atoms. The highest BCUT2D eigenvalue weighted by atomic mass is 16.7. The second kappa shape index (κ2) is 29.1. The van der Waals surface area contributed by atoms with Crippen LogP contribution in [0.25, 0.3) is 0 Å². The van der Waals surface area contributed by atoms with Crippen LogP contribution in [0.2, 0.25) is 0 Å². The molecule has 40 heavy (non-hydrogen) atoms. The number of nitrogens with zero attached hydrogens (tertiary/aromatic N) is 1. The Morgan fingerprint density at radius 1 is 0.700 bits per heavy atom. The lowest BCUT2D eigenvalue weighted by molar-refractivity contribution is -0.159. The Morgan fingerprint density at radius 2 is 1.27 bits per heavy atom. The molecule has 0 N–H and O–H groups in total. The third kappa shape index (κ3) is 25.6. The summed E-state index contributed by atoms with van der Waals surface area (Å²) in [6.07, 6.45) is 15.1. The second-order valence-corrected chi connectivity index (χ2v) is 10.6. The molecule has 0 aliphatic rings. The maximum Gasteiger partial charge on any atom is 0.508 e. The summed E-state index contributed by atoms with van der Waals surface area (Å²) >= 11 is 0. The van der Waals surface area contributed by atoms with Gasteiger partial charge >= 0.3 is 12.1 Å². The average molecular weight is 573 g/mol. The SMILES string of the molecule is [CH2]CC(CCOC(=O)CCC(OCCCCCCCC)OCCCCCCCC)OC(=O)OCCCN(C)CC. The first-order valence-corrected chi connectivity index (χ1v) is 16.2. The lowest BCUT2D eigenvalue weighted by Crippen LogP contribution is -2.24. The van der Waals surface area contributed by atoms with Crippen LogP contribution < -0.4 is 0 Å². The molecule has 0 bridgehead atoms. The number of hydrogen-bond donors (Lipinski definition) is 0. The summed E-state index contributed by atoms with van der Waals surface area (Å²) in [5.41, 5.74) is 0. The maximum absolute atomic E-state index is 12.4. The van der Waals surface area contributed by atoms with Gasteiger partial charge in [0.2, 0.25) is 0 Å². The fraction of sp³-hybridized carbons (Fsp3) is 0.906. The highest BCUT2D eigenvalue weighted by Crippen LogP contribution is 2.12. The van der Waals surface area contributed by atoms with Crippen LogP contribution in [0.15, 0.2) is 0 Å². The quantitative estimate of drug-likeness (QED) is 0.0509.